The maximum atomic E-state index is 2.44. The SMILES string of the molecule is CCCCCCC[CH2][SnH]([c]1ccc(C)s1)[c]1ccc(C)s1. The summed E-state index contributed by atoms with van der Waals surface area (Å²) < 4.78 is 5.06. The summed E-state index contributed by atoms with van der Waals surface area (Å²) in [5.74, 6) is 0. The van der Waals surface area contributed by atoms with Gasteiger partial charge in [0.1, 0.15) is 0 Å². The molecule has 2 aromatic heterocycles. The Morgan fingerprint density at radius 3 is 1.76 bits per heavy atom. The van der Waals surface area contributed by atoms with Gasteiger partial charge in [-0.05, 0) is 0 Å². The summed E-state index contributed by atoms with van der Waals surface area (Å²) in [6, 6.07) is 9.52. The molecule has 0 saturated carbocycles. The molecule has 116 valence electrons. The van der Waals surface area contributed by atoms with Crippen molar-refractivity contribution >= 4 is 48.2 Å². The molecule has 0 aromatic carbocycles. The topological polar surface area (TPSA) is 0 Å². The van der Waals surface area contributed by atoms with E-state index >= 15 is 0 Å². The van der Waals surface area contributed by atoms with Crippen molar-refractivity contribution in [3.63, 3.8) is 0 Å². The first kappa shape index (κ1) is 17.6. The van der Waals surface area contributed by atoms with E-state index in [1.54, 1.807) is 5.79 Å². The van der Waals surface area contributed by atoms with Gasteiger partial charge in [0.2, 0.25) is 0 Å². The first-order valence-corrected chi connectivity index (χ1v) is 15.6. The first-order valence-electron chi connectivity index (χ1n) is 8.33. The average molecular weight is 427 g/mol. The number of unbranched alkanes of at least 4 members (excludes halogenated alkanes) is 5. The quantitative estimate of drug-likeness (QED) is 0.385. The summed E-state index contributed by atoms with van der Waals surface area (Å²) in [4.78, 5) is 2.98. The number of hydrogen-bond acceptors (Lipinski definition) is 2. The summed E-state index contributed by atoms with van der Waals surface area (Å²) in [6.07, 6.45) is 8.55. The van der Waals surface area contributed by atoms with Gasteiger partial charge in [0.05, 0.1) is 0 Å². The predicted octanol–water partition coefficient (Wildman–Crippen LogP) is 5.13. The molecule has 0 unspecified atom stereocenters. The van der Waals surface area contributed by atoms with Crippen LogP contribution in [0.2, 0.25) is 4.44 Å². The summed E-state index contributed by atoms with van der Waals surface area (Å²) in [5, 5.41) is 0. The van der Waals surface area contributed by atoms with E-state index in [0.717, 1.165) is 0 Å². The predicted molar refractivity (Wildman–Crippen MR) is 103 cm³/mol. The van der Waals surface area contributed by atoms with Crippen molar-refractivity contribution in [2.24, 2.45) is 0 Å². The zero-order chi connectivity index (χ0) is 15.1. The molecule has 2 aromatic rings. The fourth-order valence-electron chi connectivity index (χ4n) is 2.83. The van der Waals surface area contributed by atoms with Crippen LogP contribution in [0, 0.1) is 13.8 Å². The van der Waals surface area contributed by atoms with E-state index in [1.807, 2.05) is 0 Å². The van der Waals surface area contributed by atoms with Crippen LogP contribution < -0.4 is 5.79 Å². The van der Waals surface area contributed by atoms with E-state index in [0.29, 0.717) is 0 Å². The Hall–Kier alpha value is 0.199. The molecule has 0 spiro atoms. The second kappa shape index (κ2) is 9.36. The molecule has 0 aliphatic rings. The third kappa shape index (κ3) is 5.72. The van der Waals surface area contributed by atoms with Crippen LogP contribution in [0.15, 0.2) is 24.3 Å². The van der Waals surface area contributed by atoms with Gasteiger partial charge in [-0.3, -0.25) is 0 Å². The first-order chi connectivity index (χ1) is 10.2. The molecule has 0 fully saturated rings. The van der Waals surface area contributed by atoms with Crippen LogP contribution in [-0.2, 0) is 0 Å². The van der Waals surface area contributed by atoms with Crippen LogP contribution in [0.3, 0.4) is 0 Å². The Kier molecular flexibility index (Phi) is 7.83. The fourth-order valence-corrected chi connectivity index (χ4v) is 20.1. The third-order valence-corrected chi connectivity index (χ3v) is 19.4. The Morgan fingerprint density at radius 2 is 1.29 bits per heavy atom. The molecule has 0 atom stereocenters. The van der Waals surface area contributed by atoms with Crippen molar-refractivity contribution in [3.05, 3.63) is 34.0 Å². The molecule has 3 heteroatoms. The van der Waals surface area contributed by atoms with Gasteiger partial charge in [0.15, 0.2) is 0 Å². The van der Waals surface area contributed by atoms with E-state index in [2.05, 4.69) is 67.7 Å². The summed E-state index contributed by atoms with van der Waals surface area (Å²) in [7, 11) is 0. The van der Waals surface area contributed by atoms with Crippen molar-refractivity contribution in [2.75, 3.05) is 0 Å². The van der Waals surface area contributed by atoms with Gasteiger partial charge in [0, 0.05) is 0 Å². The second-order valence-electron chi connectivity index (χ2n) is 6.01. The fraction of sp³-hybridized carbons (Fsp3) is 0.556. The van der Waals surface area contributed by atoms with Crippen LogP contribution in [0.4, 0.5) is 0 Å². The van der Waals surface area contributed by atoms with Crippen LogP contribution in [0.5, 0.6) is 0 Å². The maximum absolute atomic E-state index is 2.44. The van der Waals surface area contributed by atoms with Crippen LogP contribution in [-0.4, -0.2) is 19.8 Å². The Balaban J connectivity index is 1.93. The number of aryl methyl sites for hydroxylation is 2. The molecular weight excluding hydrogens is 399 g/mol. The second-order valence-corrected chi connectivity index (χ2v) is 19.4. The Labute approximate surface area is 145 Å². The van der Waals surface area contributed by atoms with E-state index in [4.69, 9.17) is 0 Å². The van der Waals surface area contributed by atoms with Crippen molar-refractivity contribution in [3.8, 4) is 0 Å². The molecule has 0 radical (unpaired) electrons. The van der Waals surface area contributed by atoms with Gasteiger partial charge in [-0.15, -0.1) is 0 Å². The monoisotopic (exact) mass is 428 g/mol. The molecule has 0 aliphatic heterocycles. The third-order valence-electron chi connectivity index (χ3n) is 4.06. The normalized spacial score (nSPS) is 11.4. The van der Waals surface area contributed by atoms with E-state index in [1.165, 1.54) is 52.7 Å². The van der Waals surface area contributed by atoms with E-state index in [9.17, 15) is 0 Å². The van der Waals surface area contributed by atoms with E-state index < -0.39 is 19.8 Å². The molecule has 0 N–H and O–H groups in total. The standard InChI is InChI=1S/C8H17.2C5H5S.Sn.H/c1-3-5-7-8-6-4-2;2*1-5-3-2-4-6-5;;/h1,3-8H2,2H3;2*2-3H,1H3;;. The van der Waals surface area contributed by atoms with Crippen molar-refractivity contribution in [2.45, 2.75) is 63.7 Å². The summed E-state index contributed by atoms with van der Waals surface area (Å²) >= 11 is 2.41. The molecule has 21 heavy (non-hydrogen) atoms. The zero-order valence-electron chi connectivity index (χ0n) is 13.7. The molecule has 0 nitrogen and oxygen atoms in total. The van der Waals surface area contributed by atoms with Gasteiger partial charge in [0.25, 0.3) is 0 Å². The molecule has 0 aliphatic carbocycles. The molecule has 0 amide bonds. The van der Waals surface area contributed by atoms with Crippen LogP contribution in [0.25, 0.3) is 0 Å². The minimum absolute atomic E-state index is 1.35. The number of hydrogen-bond donors (Lipinski definition) is 0. The average Bonchev–Trinajstić information content (AvgIpc) is 3.07. The number of rotatable bonds is 9. The van der Waals surface area contributed by atoms with Gasteiger partial charge < -0.3 is 0 Å². The molecule has 2 heterocycles. The van der Waals surface area contributed by atoms with Gasteiger partial charge in [-0.25, -0.2) is 0 Å². The summed E-state index contributed by atoms with van der Waals surface area (Å²) in [6.45, 7) is 6.80. The van der Waals surface area contributed by atoms with Crippen molar-refractivity contribution in [1.82, 2.24) is 0 Å². The van der Waals surface area contributed by atoms with Crippen LogP contribution in [0.1, 0.15) is 55.2 Å². The number of thiophene rings is 2. The Morgan fingerprint density at radius 1 is 0.762 bits per heavy atom. The van der Waals surface area contributed by atoms with Crippen LogP contribution >= 0.6 is 22.7 Å². The zero-order valence-corrected chi connectivity index (χ0v) is 18.6. The molecule has 0 bridgehead atoms. The van der Waals surface area contributed by atoms with Gasteiger partial charge in [-0.1, -0.05) is 0 Å². The summed E-state index contributed by atoms with van der Waals surface area (Å²) in [5.41, 5.74) is 0. The minimum atomic E-state index is -1.73. The molecule has 0 saturated heterocycles. The van der Waals surface area contributed by atoms with Crippen molar-refractivity contribution < 1.29 is 0 Å². The van der Waals surface area contributed by atoms with Crippen molar-refractivity contribution in [1.29, 1.82) is 0 Å². The van der Waals surface area contributed by atoms with E-state index in [-0.39, 0.29) is 0 Å². The molecular formula is C18H28S2Sn. The van der Waals surface area contributed by atoms with Gasteiger partial charge >= 0.3 is 146 Å². The Bertz CT molecular complexity index is 487. The van der Waals surface area contributed by atoms with Gasteiger partial charge in [-0.2, -0.15) is 0 Å². The molecule has 2 rings (SSSR count).